The summed E-state index contributed by atoms with van der Waals surface area (Å²) in [5, 5.41) is 0.856. The van der Waals surface area contributed by atoms with Crippen molar-refractivity contribution in [1.82, 2.24) is 4.90 Å². The van der Waals surface area contributed by atoms with Crippen LogP contribution in [0.25, 0.3) is 6.08 Å². The molecule has 1 aliphatic heterocycles. The summed E-state index contributed by atoms with van der Waals surface area (Å²) in [7, 11) is 1.82. The van der Waals surface area contributed by atoms with Gasteiger partial charge < -0.3 is 0 Å². The molecule has 0 aromatic heterocycles. The second-order valence-electron chi connectivity index (χ2n) is 5.59. The Bertz CT molecular complexity index is 574. The van der Waals surface area contributed by atoms with Gasteiger partial charge in [0.1, 0.15) is 0 Å². The maximum Gasteiger partial charge on any atom is 0.266 e. The van der Waals surface area contributed by atoms with Gasteiger partial charge in [0, 0.05) is 7.05 Å². The molecule has 0 unspecified atom stereocenters. The van der Waals surface area contributed by atoms with E-state index in [1.807, 2.05) is 43.5 Å². The summed E-state index contributed by atoms with van der Waals surface area (Å²) >= 11 is 1.50. The second-order valence-corrected chi connectivity index (χ2v) is 6.60. The lowest BCUT2D eigenvalue weighted by Gasteiger charge is -2.19. The summed E-state index contributed by atoms with van der Waals surface area (Å²) in [4.78, 5) is 19.6. The molecule has 1 heterocycles. The van der Waals surface area contributed by atoms with Crippen molar-refractivity contribution in [1.29, 1.82) is 0 Å². The molecule has 0 radical (unpaired) electrons. The Morgan fingerprint density at radius 2 is 1.90 bits per heavy atom. The van der Waals surface area contributed by atoms with E-state index in [-0.39, 0.29) is 5.91 Å². The minimum absolute atomic E-state index is 0.0541. The first-order valence-electron chi connectivity index (χ1n) is 7.54. The predicted octanol–water partition coefficient (Wildman–Crippen LogP) is 3.92. The van der Waals surface area contributed by atoms with Crippen molar-refractivity contribution in [3.63, 3.8) is 0 Å². The molecular weight excluding hydrogens is 280 g/mol. The highest BCUT2D eigenvalue weighted by atomic mass is 32.2. The van der Waals surface area contributed by atoms with Gasteiger partial charge in [-0.3, -0.25) is 14.7 Å². The standard InChI is InChI=1S/C17H20N2OS/c1-19-16(20)15(12-13-8-4-2-5-9-13)21-17(19)18-14-10-6-3-7-11-14/h2,4-5,8-9,12,14H,3,6-7,10-11H2,1H3/b15-12-,18-17?. The van der Waals surface area contributed by atoms with Gasteiger partial charge in [0.25, 0.3) is 5.91 Å². The van der Waals surface area contributed by atoms with E-state index in [2.05, 4.69) is 0 Å². The average Bonchev–Trinajstić information content (AvgIpc) is 2.78. The third-order valence-corrected chi connectivity index (χ3v) is 5.04. The number of carbonyl (C=O) groups is 1. The lowest BCUT2D eigenvalue weighted by Crippen LogP contribution is -2.25. The molecule has 1 aliphatic carbocycles. The van der Waals surface area contributed by atoms with Crippen LogP contribution in [0.15, 0.2) is 40.2 Å². The van der Waals surface area contributed by atoms with Crippen LogP contribution < -0.4 is 0 Å². The van der Waals surface area contributed by atoms with Crippen LogP contribution in [0.3, 0.4) is 0 Å². The SMILES string of the molecule is CN1C(=O)/C(=C/c2ccccc2)SC1=NC1CCCCC1. The number of nitrogens with zero attached hydrogens (tertiary/aromatic N) is 2. The fourth-order valence-electron chi connectivity index (χ4n) is 2.73. The molecule has 0 N–H and O–H groups in total. The van der Waals surface area contributed by atoms with Crippen LogP contribution in [0.2, 0.25) is 0 Å². The lowest BCUT2D eigenvalue weighted by molar-refractivity contribution is -0.121. The van der Waals surface area contributed by atoms with Crippen LogP contribution in [-0.2, 0) is 4.79 Å². The minimum Gasteiger partial charge on any atom is -0.290 e. The Morgan fingerprint density at radius 1 is 1.19 bits per heavy atom. The highest BCUT2D eigenvalue weighted by Gasteiger charge is 2.31. The molecule has 2 fully saturated rings. The summed E-state index contributed by atoms with van der Waals surface area (Å²) in [5.74, 6) is 0.0541. The Kier molecular flexibility index (Phi) is 4.44. The fourth-order valence-corrected chi connectivity index (χ4v) is 3.77. The number of carbonyl (C=O) groups excluding carboxylic acids is 1. The molecular formula is C17H20N2OS. The summed E-state index contributed by atoms with van der Waals surface area (Å²) < 4.78 is 0. The van der Waals surface area contributed by atoms with Crippen LogP contribution in [0, 0.1) is 0 Å². The molecule has 0 atom stereocenters. The molecule has 3 rings (SSSR count). The molecule has 1 aromatic rings. The number of aliphatic imine (C=N–C) groups is 1. The lowest BCUT2D eigenvalue weighted by atomic mass is 9.96. The Morgan fingerprint density at radius 3 is 2.62 bits per heavy atom. The number of amidine groups is 1. The number of likely N-dealkylation sites (N-methyl/N-ethyl adjacent to an activating group) is 1. The molecule has 110 valence electrons. The van der Waals surface area contributed by atoms with Gasteiger partial charge in [-0.2, -0.15) is 0 Å². The third-order valence-electron chi connectivity index (χ3n) is 3.97. The average molecular weight is 300 g/mol. The summed E-state index contributed by atoms with van der Waals surface area (Å²) in [6.45, 7) is 0. The number of hydrogen-bond donors (Lipinski definition) is 0. The topological polar surface area (TPSA) is 32.7 Å². The zero-order chi connectivity index (χ0) is 14.7. The van der Waals surface area contributed by atoms with Gasteiger partial charge in [0.15, 0.2) is 5.17 Å². The van der Waals surface area contributed by atoms with Crippen LogP contribution in [0.1, 0.15) is 37.7 Å². The summed E-state index contributed by atoms with van der Waals surface area (Å²) in [6, 6.07) is 10.4. The number of rotatable bonds is 2. The molecule has 0 spiro atoms. The van der Waals surface area contributed by atoms with E-state index in [9.17, 15) is 4.79 Å². The Hall–Kier alpha value is -1.55. The van der Waals surface area contributed by atoms with Crippen molar-refractivity contribution < 1.29 is 4.79 Å². The van der Waals surface area contributed by atoms with Crippen LogP contribution in [0.5, 0.6) is 0 Å². The van der Waals surface area contributed by atoms with Gasteiger partial charge in [-0.05, 0) is 36.2 Å². The highest BCUT2D eigenvalue weighted by molar-refractivity contribution is 8.18. The maximum absolute atomic E-state index is 12.3. The van der Waals surface area contributed by atoms with E-state index in [0.29, 0.717) is 6.04 Å². The first kappa shape index (κ1) is 14.4. The van der Waals surface area contributed by atoms with E-state index in [4.69, 9.17) is 4.99 Å². The van der Waals surface area contributed by atoms with E-state index in [1.165, 1.54) is 31.0 Å². The molecule has 1 aromatic carbocycles. The maximum atomic E-state index is 12.3. The van der Waals surface area contributed by atoms with Crippen molar-refractivity contribution >= 4 is 28.9 Å². The first-order valence-corrected chi connectivity index (χ1v) is 8.36. The van der Waals surface area contributed by atoms with Crippen molar-refractivity contribution in [2.45, 2.75) is 38.1 Å². The van der Waals surface area contributed by atoms with E-state index in [1.54, 1.807) is 4.90 Å². The normalized spacial score (nSPS) is 24.2. The monoisotopic (exact) mass is 300 g/mol. The largest absolute Gasteiger partial charge is 0.290 e. The number of thioether (sulfide) groups is 1. The van der Waals surface area contributed by atoms with Crippen molar-refractivity contribution in [3.05, 3.63) is 40.8 Å². The molecule has 2 aliphatic rings. The van der Waals surface area contributed by atoms with Gasteiger partial charge in [0.05, 0.1) is 10.9 Å². The highest BCUT2D eigenvalue weighted by Crippen LogP contribution is 2.33. The van der Waals surface area contributed by atoms with E-state index < -0.39 is 0 Å². The number of benzene rings is 1. The molecule has 3 nitrogen and oxygen atoms in total. The van der Waals surface area contributed by atoms with Gasteiger partial charge in [-0.25, -0.2) is 0 Å². The minimum atomic E-state index is 0.0541. The van der Waals surface area contributed by atoms with Gasteiger partial charge in [-0.1, -0.05) is 49.6 Å². The van der Waals surface area contributed by atoms with Gasteiger partial charge >= 0.3 is 0 Å². The first-order chi connectivity index (χ1) is 10.2. The van der Waals surface area contributed by atoms with Crippen LogP contribution in [0.4, 0.5) is 0 Å². The van der Waals surface area contributed by atoms with E-state index in [0.717, 1.165) is 28.5 Å². The number of amides is 1. The zero-order valence-corrected chi connectivity index (χ0v) is 13.1. The van der Waals surface area contributed by atoms with E-state index >= 15 is 0 Å². The Balaban J connectivity index is 1.78. The van der Waals surface area contributed by atoms with Crippen molar-refractivity contribution in [3.8, 4) is 0 Å². The molecule has 4 heteroatoms. The third kappa shape index (κ3) is 3.38. The smallest absolute Gasteiger partial charge is 0.266 e. The molecule has 21 heavy (non-hydrogen) atoms. The van der Waals surface area contributed by atoms with Gasteiger partial charge in [-0.15, -0.1) is 0 Å². The predicted molar refractivity (Wildman–Crippen MR) is 89.1 cm³/mol. The van der Waals surface area contributed by atoms with Crippen molar-refractivity contribution in [2.75, 3.05) is 7.05 Å². The van der Waals surface area contributed by atoms with Crippen LogP contribution >= 0.6 is 11.8 Å². The molecule has 1 saturated carbocycles. The second kappa shape index (κ2) is 6.48. The van der Waals surface area contributed by atoms with Crippen molar-refractivity contribution in [2.24, 2.45) is 4.99 Å². The summed E-state index contributed by atoms with van der Waals surface area (Å²) in [5.41, 5.74) is 1.06. The van der Waals surface area contributed by atoms with Gasteiger partial charge in [0.2, 0.25) is 0 Å². The zero-order valence-electron chi connectivity index (χ0n) is 12.3. The molecule has 1 amide bonds. The quantitative estimate of drug-likeness (QED) is 0.775. The number of hydrogen-bond acceptors (Lipinski definition) is 3. The fraction of sp³-hybridized carbons (Fsp3) is 0.412. The summed E-state index contributed by atoms with van der Waals surface area (Å²) in [6.07, 6.45) is 8.11. The molecule has 1 saturated heterocycles. The molecule has 0 bridgehead atoms. The van der Waals surface area contributed by atoms with Crippen LogP contribution in [-0.4, -0.2) is 29.1 Å². The Labute approximate surface area is 130 Å².